The summed E-state index contributed by atoms with van der Waals surface area (Å²) in [6.45, 7) is 4.17. The van der Waals surface area contributed by atoms with Crippen molar-refractivity contribution in [2.24, 2.45) is 0 Å². The number of hydrogen-bond acceptors (Lipinski definition) is 2. The lowest BCUT2D eigenvalue weighted by molar-refractivity contribution is 0.610. The molecule has 4 rings (SSSR count). The van der Waals surface area contributed by atoms with Crippen molar-refractivity contribution < 1.29 is 0 Å². The molecule has 0 atom stereocenters. The second-order valence-electron chi connectivity index (χ2n) is 6.00. The van der Waals surface area contributed by atoms with E-state index < -0.39 is 0 Å². The Labute approximate surface area is 140 Å². The summed E-state index contributed by atoms with van der Waals surface area (Å²) in [6.07, 6.45) is 0. The highest BCUT2D eigenvalue weighted by Gasteiger charge is 2.38. The van der Waals surface area contributed by atoms with Crippen molar-refractivity contribution in [1.29, 1.82) is 0 Å². The highest BCUT2D eigenvalue weighted by atomic mass is 79.9. The SMILES string of the molecule is CC1(C)c2ccc(Br)cc2-n2c1nc(=O)c1c(Cl)cccc12. The van der Waals surface area contributed by atoms with Gasteiger partial charge >= 0.3 is 0 Å². The Kier molecular flexibility index (Phi) is 2.81. The van der Waals surface area contributed by atoms with E-state index in [2.05, 4.69) is 46.9 Å². The van der Waals surface area contributed by atoms with Crippen molar-refractivity contribution in [3.8, 4) is 5.69 Å². The average molecular weight is 376 g/mol. The quantitative estimate of drug-likeness (QED) is 0.582. The lowest BCUT2D eigenvalue weighted by atomic mass is 9.85. The van der Waals surface area contributed by atoms with Crippen molar-refractivity contribution in [2.75, 3.05) is 0 Å². The summed E-state index contributed by atoms with van der Waals surface area (Å²) < 4.78 is 3.03. The molecule has 110 valence electrons. The van der Waals surface area contributed by atoms with E-state index in [0.717, 1.165) is 27.1 Å². The predicted molar refractivity (Wildman–Crippen MR) is 92.2 cm³/mol. The van der Waals surface area contributed by atoms with E-state index in [9.17, 15) is 4.79 Å². The molecular weight excluding hydrogens is 364 g/mol. The Morgan fingerprint density at radius 3 is 2.77 bits per heavy atom. The zero-order valence-electron chi connectivity index (χ0n) is 12.0. The molecule has 5 heteroatoms. The Bertz CT molecular complexity index is 1010. The largest absolute Gasteiger partial charge is 0.296 e. The predicted octanol–water partition coefficient (Wildman–Crippen LogP) is 4.44. The zero-order valence-corrected chi connectivity index (χ0v) is 14.4. The van der Waals surface area contributed by atoms with E-state index in [1.54, 1.807) is 6.07 Å². The molecule has 0 saturated carbocycles. The van der Waals surface area contributed by atoms with Crippen molar-refractivity contribution in [3.05, 3.63) is 67.6 Å². The monoisotopic (exact) mass is 374 g/mol. The zero-order chi connectivity index (χ0) is 15.6. The Morgan fingerprint density at radius 2 is 2.00 bits per heavy atom. The Balaban J connectivity index is 2.28. The third kappa shape index (κ3) is 1.68. The molecule has 2 heterocycles. The van der Waals surface area contributed by atoms with Gasteiger partial charge in [0.05, 0.1) is 27.0 Å². The fourth-order valence-corrected chi connectivity index (χ4v) is 3.83. The van der Waals surface area contributed by atoms with Crippen LogP contribution in [0.25, 0.3) is 16.6 Å². The third-order valence-corrected chi connectivity index (χ3v) is 5.11. The van der Waals surface area contributed by atoms with Crippen LogP contribution in [-0.4, -0.2) is 9.55 Å². The van der Waals surface area contributed by atoms with E-state index in [0.29, 0.717) is 10.4 Å². The number of halogens is 2. The lowest BCUT2D eigenvalue weighted by Gasteiger charge is -2.18. The molecule has 0 N–H and O–H groups in total. The molecule has 2 aromatic carbocycles. The van der Waals surface area contributed by atoms with Crippen LogP contribution in [0.5, 0.6) is 0 Å². The summed E-state index contributed by atoms with van der Waals surface area (Å²) in [7, 11) is 0. The highest BCUT2D eigenvalue weighted by Crippen LogP contribution is 2.43. The summed E-state index contributed by atoms with van der Waals surface area (Å²) in [5.74, 6) is 0.750. The van der Waals surface area contributed by atoms with Crippen LogP contribution >= 0.6 is 27.5 Å². The smallest absolute Gasteiger partial charge is 0.282 e. The number of fused-ring (bicyclic) bond motifs is 5. The van der Waals surface area contributed by atoms with E-state index in [4.69, 9.17) is 11.6 Å². The van der Waals surface area contributed by atoms with Crippen molar-refractivity contribution >= 4 is 38.4 Å². The minimum atomic E-state index is -0.328. The summed E-state index contributed by atoms with van der Waals surface area (Å²) in [5, 5.41) is 0.906. The average Bonchev–Trinajstić information content (AvgIpc) is 2.67. The molecule has 0 unspecified atom stereocenters. The van der Waals surface area contributed by atoms with Crippen LogP contribution in [0.1, 0.15) is 25.2 Å². The molecule has 1 aliphatic heterocycles. The molecule has 1 aromatic heterocycles. The maximum absolute atomic E-state index is 12.4. The number of aromatic nitrogens is 2. The number of hydrogen-bond donors (Lipinski definition) is 0. The van der Waals surface area contributed by atoms with Gasteiger partial charge in [-0.05, 0) is 43.7 Å². The van der Waals surface area contributed by atoms with Gasteiger partial charge < -0.3 is 0 Å². The van der Waals surface area contributed by atoms with Gasteiger partial charge in [-0.2, -0.15) is 4.98 Å². The maximum Gasteiger partial charge on any atom is 0.282 e. The molecule has 3 aromatic rings. The van der Waals surface area contributed by atoms with E-state index in [1.165, 1.54) is 0 Å². The van der Waals surface area contributed by atoms with Gasteiger partial charge in [-0.15, -0.1) is 0 Å². The van der Waals surface area contributed by atoms with Crippen LogP contribution < -0.4 is 5.56 Å². The van der Waals surface area contributed by atoms with Gasteiger partial charge in [-0.1, -0.05) is 39.7 Å². The van der Waals surface area contributed by atoms with E-state index in [-0.39, 0.29) is 11.0 Å². The van der Waals surface area contributed by atoms with Crippen LogP contribution in [0, 0.1) is 0 Å². The minimum absolute atomic E-state index is 0.271. The first-order valence-corrected chi connectivity index (χ1v) is 8.10. The summed E-state index contributed by atoms with van der Waals surface area (Å²) in [5.41, 5.74) is 2.38. The number of rotatable bonds is 0. The molecule has 0 bridgehead atoms. The molecule has 3 nitrogen and oxygen atoms in total. The molecule has 0 fully saturated rings. The molecular formula is C17H12BrClN2O. The van der Waals surface area contributed by atoms with Crippen LogP contribution in [-0.2, 0) is 5.41 Å². The molecule has 0 amide bonds. The van der Waals surface area contributed by atoms with Gasteiger partial charge in [0, 0.05) is 4.47 Å². The van der Waals surface area contributed by atoms with Gasteiger partial charge in [0.15, 0.2) is 0 Å². The van der Waals surface area contributed by atoms with Gasteiger partial charge in [0.2, 0.25) is 0 Å². The standard InChI is InChI=1S/C17H12BrClN2O/c1-17(2)10-7-6-9(18)8-13(10)21-12-5-3-4-11(19)14(12)15(22)20-16(17)21/h3-8H,1-2H3. The number of benzene rings is 2. The first-order chi connectivity index (χ1) is 10.4. The first kappa shape index (κ1) is 14.0. The molecule has 0 saturated heterocycles. The normalized spacial score (nSPS) is 14.9. The molecule has 0 aliphatic carbocycles. The first-order valence-electron chi connectivity index (χ1n) is 6.93. The lowest BCUT2D eigenvalue weighted by Crippen LogP contribution is -2.24. The number of nitrogens with zero attached hydrogens (tertiary/aromatic N) is 2. The van der Waals surface area contributed by atoms with Crippen molar-refractivity contribution in [1.82, 2.24) is 9.55 Å². The fourth-order valence-electron chi connectivity index (χ4n) is 3.23. The van der Waals surface area contributed by atoms with E-state index >= 15 is 0 Å². The molecule has 0 spiro atoms. The fraction of sp³-hybridized carbons (Fsp3) is 0.176. The summed E-state index contributed by atoms with van der Waals surface area (Å²) in [4.78, 5) is 16.8. The highest BCUT2D eigenvalue weighted by molar-refractivity contribution is 9.10. The topological polar surface area (TPSA) is 34.9 Å². The minimum Gasteiger partial charge on any atom is -0.296 e. The van der Waals surface area contributed by atoms with Crippen LogP contribution in [0.4, 0.5) is 0 Å². The van der Waals surface area contributed by atoms with Crippen LogP contribution in [0.15, 0.2) is 45.7 Å². The van der Waals surface area contributed by atoms with Gasteiger partial charge in [0.1, 0.15) is 5.82 Å². The second-order valence-corrected chi connectivity index (χ2v) is 7.32. The van der Waals surface area contributed by atoms with E-state index in [1.807, 2.05) is 22.8 Å². The molecule has 0 radical (unpaired) electrons. The Morgan fingerprint density at radius 1 is 1.23 bits per heavy atom. The van der Waals surface area contributed by atoms with Gasteiger partial charge in [0.25, 0.3) is 5.56 Å². The third-order valence-electron chi connectivity index (χ3n) is 4.30. The van der Waals surface area contributed by atoms with Crippen molar-refractivity contribution in [2.45, 2.75) is 19.3 Å². The maximum atomic E-state index is 12.4. The molecule has 22 heavy (non-hydrogen) atoms. The second kappa shape index (κ2) is 4.43. The molecule has 1 aliphatic rings. The van der Waals surface area contributed by atoms with Gasteiger partial charge in [-0.3, -0.25) is 9.36 Å². The Hall–Kier alpha value is -1.65. The van der Waals surface area contributed by atoms with Gasteiger partial charge in [-0.25, -0.2) is 0 Å². The van der Waals surface area contributed by atoms with Crippen LogP contribution in [0.3, 0.4) is 0 Å². The van der Waals surface area contributed by atoms with Crippen LogP contribution in [0.2, 0.25) is 5.02 Å². The van der Waals surface area contributed by atoms with Crippen molar-refractivity contribution in [3.63, 3.8) is 0 Å². The summed E-state index contributed by atoms with van der Waals surface area (Å²) >= 11 is 9.76. The summed E-state index contributed by atoms with van der Waals surface area (Å²) in [6, 6.07) is 11.7.